The first-order valence-electron chi connectivity index (χ1n) is 9.82. The molecule has 4 heterocycles. The second-order valence-electron chi connectivity index (χ2n) is 7.32. The number of nitrogens with one attached hydrogen (secondary N) is 1. The number of nitrogens with zero attached hydrogens (tertiary/aromatic N) is 3. The molecule has 3 aromatic rings. The normalized spacial score (nSPS) is 19.7. The highest BCUT2D eigenvalue weighted by atomic mass is 15.0. The Hall–Kier alpha value is -2.59. The van der Waals surface area contributed by atoms with Crippen LogP contribution < -0.4 is 5.32 Å². The first kappa shape index (κ1) is 17.8. The molecule has 0 unspecified atom stereocenters. The molecule has 0 amide bonds. The summed E-state index contributed by atoms with van der Waals surface area (Å²) >= 11 is 0. The van der Waals surface area contributed by atoms with Gasteiger partial charge in [-0.15, -0.1) is 0 Å². The summed E-state index contributed by atoms with van der Waals surface area (Å²) in [6, 6.07) is 15.3. The summed E-state index contributed by atoms with van der Waals surface area (Å²) in [7, 11) is 0. The Labute approximate surface area is 161 Å². The third kappa shape index (κ3) is 4.40. The summed E-state index contributed by atoms with van der Waals surface area (Å²) in [6.07, 6.45) is 11.0. The van der Waals surface area contributed by atoms with Crippen molar-refractivity contribution in [1.29, 1.82) is 0 Å². The molecule has 1 saturated heterocycles. The van der Waals surface area contributed by atoms with Gasteiger partial charge in [-0.3, -0.25) is 15.0 Å². The molecule has 1 aliphatic rings. The van der Waals surface area contributed by atoms with Gasteiger partial charge in [0.15, 0.2) is 0 Å². The molecule has 0 spiro atoms. The Bertz CT molecular complexity index is 878. The van der Waals surface area contributed by atoms with E-state index in [1.165, 1.54) is 23.2 Å². The van der Waals surface area contributed by atoms with Crippen LogP contribution in [0.25, 0.3) is 0 Å². The molecule has 4 nitrogen and oxygen atoms in total. The van der Waals surface area contributed by atoms with Crippen LogP contribution in [-0.2, 0) is 12.8 Å². The molecule has 0 aromatic carbocycles. The van der Waals surface area contributed by atoms with E-state index in [-0.39, 0.29) is 0 Å². The van der Waals surface area contributed by atoms with Crippen LogP contribution in [0.5, 0.6) is 0 Å². The van der Waals surface area contributed by atoms with Crippen LogP contribution in [0, 0.1) is 6.92 Å². The van der Waals surface area contributed by atoms with Gasteiger partial charge in [-0.05, 0) is 74.4 Å². The fraction of sp³-hybridized carbons (Fsp3) is 0.348. The standard InChI is InChI=1S/C23H26N4/c1-17-6-4-15-25-23(17)22-11-3-10-21(27-22)20-9-2-8-19(26-20)13-12-18-7-5-14-24-16-18/h2,4-9,14-16,21-22,27H,3,10-13H2,1H3/t21-,22+/m1/s1. The fourth-order valence-corrected chi connectivity index (χ4v) is 3.90. The van der Waals surface area contributed by atoms with E-state index >= 15 is 0 Å². The van der Waals surface area contributed by atoms with Crippen molar-refractivity contribution in [1.82, 2.24) is 20.3 Å². The van der Waals surface area contributed by atoms with E-state index in [1.54, 1.807) is 0 Å². The Morgan fingerprint density at radius 2 is 1.85 bits per heavy atom. The summed E-state index contributed by atoms with van der Waals surface area (Å²) in [5.74, 6) is 0. The zero-order chi connectivity index (χ0) is 18.5. The highest BCUT2D eigenvalue weighted by Crippen LogP contribution is 2.32. The van der Waals surface area contributed by atoms with Gasteiger partial charge in [0.2, 0.25) is 0 Å². The SMILES string of the molecule is Cc1cccnc1[C@@H]1CCC[C@H](c2cccc(CCc3cccnc3)n2)N1. The molecule has 0 radical (unpaired) electrons. The molecule has 1 aliphatic heterocycles. The van der Waals surface area contributed by atoms with E-state index in [1.807, 2.05) is 30.7 Å². The lowest BCUT2D eigenvalue weighted by Gasteiger charge is -2.31. The number of aromatic nitrogens is 3. The number of hydrogen-bond donors (Lipinski definition) is 1. The molecule has 27 heavy (non-hydrogen) atoms. The van der Waals surface area contributed by atoms with E-state index in [0.717, 1.165) is 37.1 Å². The van der Waals surface area contributed by atoms with Gasteiger partial charge in [-0.2, -0.15) is 0 Å². The molecule has 0 aliphatic carbocycles. The summed E-state index contributed by atoms with van der Waals surface area (Å²) in [5.41, 5.74) is 5.99. The first-order chi connectivity index (χ1) is 13.3. The minimum absolute atomic E-state index is 0.295. The predicted molar refractivity (Wildman–Crippen MR) is 107 cm³/mol. The second-order valence-corrected chi connectivity index (χ2v) is 7.32. The third-order valence-electron chi connectivity index (χ3n) is 5.35. The predicted octanol–water partition coefficient (Wildman–Crippen LogP) is 4.52. The Balaban J connectivity index is 1.46. The summed E-state index contributed by atoms with van der Waals surface area (Å²) in [5, 5.41) is 3.79. The van der Waals surface area contributed by atoms with E-state index in [2.05, 4.69) is 52.5 Å². The van der Waals surface area contributed by atoms with Gasteiger partial charge >= 0.3 is 0 Å². The van der Waals surface area contributed by atoms with E-state index in [0.29, 0.717) is 12.1 Å². The molecule has 0 saturated carbocycles. The molecule has 4 heteroatoms. The fourth-order valence-electron chi connectivity index (χ4n) is 3.90. The molecule has 3 aromatic heterocycles. The van der Waals surface area contributed by atoms with Gasteiger partial charge in [0.1, 0.15) is 0 Å². The summed E-state index contributed by atoms with van der Waals surface area (Å²) < 4.78 is 0. The van der Waals surface area contributed by atoms with Crippen LogP contribution in [-0.4, -0.2) is 15.0 Å². The monoisotopic (exact) mass is 358 g/mol. The lowest BCUT2D eigenvalue weighted by Crippen LogP contribution is -2.32. The lowest BCUT2D eigenvalue weighted by atomic mass is 9.92. The van der Waals surface area contributed by atoms with E-state index < -0.39 is 0 Å². The molecule has 4 rings (SSSR count). The van der Waals surface area contributed by atoms with Crippen molar-refractivity contribution in [3.63, 3.8) is 0 Å². The second kappa shape index (κ2) is 8.40. The van der Waals surface area contributed by atoms with Gasteiger partial charge in [0.05, 0.1) is 17.4 Å². The molecule has 2 atom stereocenters. The minimum Gasteiger partial charge on any atom is -0.300 e. The Morgan fingerprint density at radius 3 is 2.70 bits per heavy atom. The zero-order valence-corrected chi connectivity index (χ0v) is 15.8. The molecule has 1 N–H and O–H groups in total. The average Bonchev–Trinajstić information content (AvgIpc) is 2.74. The van der Waals surface area contributed by atoms with Crippen molar-refractivity contribution < 1.29 is 0 Å². The zero-order valence-electron chi connectivity index (χ0n) is 15.8. The third-order valence-corrected chi connectivity index (χ3v) is 5.35. The van der Waals surface area contributed by atoms with Crippen molar-refractivity contribution in [2.75, 3.05) is 0 Å². The number of rotatable bonds is 5. The summed E-state index contributed by atoms with van der Waals surface area (Å²) in [4.78, 5) is 13.8. The topological polar surface area (TPSA) is 50.7 Å². The lowest BCUT2D eigenvalue weighted by molar-refractivity contribution is 0.320. The van der Waals surface area contributed by atoms with Crippen molar-refractivity contribution in [2.24, 2.45) is 0 Å². The van der Waals surface area contributed by atoms with Crippen LogP contribution in [0.3, 0.4) is 0 Å². The Morgan fingerprint density at radius 1 is 0.963 bits per heavy atom. The number of aryl methyl sites for hydroxylation is 3. The van der Waals surface area contributed by atoms with Crippen LogP contribution in [0.15, 0.2) is 61.1 Å². The van der Waals surface area contributed by atoms with Gasteiger partial charge in [0, 0.05) is 30.3 Å². The van der Waals surface area contributed by atoms with Crippen LogP contribution in [0.1, 0.15) is 59.6 Å². The highest BCUT2D eigenvalue weighted by Gasteiger charge is 2.26. The van der Waals surface area contributed by atoms with Crippen molar-refractivity contribution in [3.8, 4) is 0 Å². The average molecular weight is 358 g/mol. The highest BCUT2D eigenvalue weighted by molar-refractivity contribution is 5.23. The maximum Gasteiger partial charge on any atom is 0.0602 e. The Kier molecular flexibility index (Phi) is 5.54. The molecular weight excluding hydrogens is 332 g/mol. The molecule has 138 valence electrons. The van der Waals surface area contributed by atoms with Crippen molar-refractivity contribution in [3.05, 3.63) is 89.3 Å². The van der Waals surface area contributed by atoms with Crippen molar-refractivity contribution in [2.45, 2.75) is 51.1 Å². The largest absolute Gasteiger partial charge is 0.300 e. The number of piperidine rings is 1. The van der Waals surface area contributed by atoms with Gasteiger partial charge in [-0.25, -0.2) is 0 Å². The first-order valence-corrected chi connectivity index (χ1v) is 9.82. The molecule has 1 fully saturated rings. The van der Waals surface area contributed by atoms with Crippen LogP contribution in [0.4, 0.5) is 0 Å². The summed E-state index contributed by atoms with van der Waals surface area (Å²) in [6.45, 7) is 2.14. The number of hydrogen-bond acceptors (Lipinski definition) is 4. The molecular formula is C23H26N4. The number of pyridine rings is 3. The van der Waals surface area contributed by atoms with Crippen molar-refractivity contribution >= 4 is 0 Å². The van der Waals surface area contributed by atoms with Crippen LogP contribution >= 0.6 is 0 Å². The maximum atomic E-state index is 4.96. The molecule has 0 bridgehead atoms. The van der Waals surface area contributed by atoms with E-state index in [4.69, 9.17) is 4.98 Å². The quantitative estimate of drug-likeness (QED) is 0.728. The van der Waals surface area contributed by atoms with Gasteiger partial charge < -0.3 is 5.32 Å². The maximum absolute atomic E-state index is 4.96. The minimum atomic E-state index is 0.295. The smallest absolute Gasteiger partial charge is 0.0602 e. The van der Waals surface area contributed by atoms with Gasteiger partial charge in [-0.1, -0.05) is 18.2 Å². The van der Waals surface area contributed by atoms with Crippen LogP contribution in [0.2, 0.25) is 0 Å². The van der Waals surface area contributed by atoms with Gasteiger partial charge in [0.25, 0.3) is 0 Å². The van der Waals surface area contributed by atoms with E-state index in [9.17, 15) is 0 Å².